The summed E-state index contributed by atoms with van der Waals surface area (Å²) in [6.45, 7) is 8.28. The van der Waals surface area contributed by atoms with Crippen molar-refractivity contribution < 1.29 is 0 Å². The topological polar surface area (TPSA) is 15.3 Å². The number of benzene rings is 1. The molecule has 23 heavy (non-hydrogen) atoms. The molecule has 1 aromatic rings. The minimum absolute atomic E-state index is 0.963. The van der Waals surface area contributed by atoms with Crippen molar-refractivity contribution in [1.82, 2.24) is 10.2 Å². The van der Waals surface area contributed by atoms with Gasteiger partial charge in [0.2, 0.25) is 0 Å². The standard InChI is InChI=1S/C20H34N2S/c1-2-22(17-19-9-5-3-6-10-19)15-13-21-14-16-23-18-20-11-7-4-8-12-20/h4,7-8,11-12,19,21H,2-3,5-6,9-10,13-18H2,1H3. The third-order valence-electron chi connectivity index (χ3n) is 4.83. The fraction of sp³-hybridized carbons (Fsp3) is 0.700. The Morgan fingerprint density at radius 2 is 1.87 bits per heavy atom. The van der Waals surface area contributed by atoms with E-state index < -0.39 is 0 Å². The fourth-order valence-corrected chi connectivity index (χ4v) is 4.25. The summed E-state index contributed by atoms with van der Waals surface area (Å²) < 4.78 is 0. The number of hydrogen-bond donors (Lipinski definition) is 1. The van der Waals surface area contributed by atoms with Gasteiger partial charge < -0.3 is 10.2 Å². The Bertz CT molecular complexity index is 390. The van der Waals surface area contributed by atoms with Crippen LogP contribution in [0.4, 0.5) is 0 Å². The van der Waals surface area contributed by atoms with Gasteiger partial charge in [0.25, 0.3) is 0 Å². The fourth-order valence-electron chi connectivity index (χ4n) is 3.38. The Hall–Kier alpha value is -0.510. The third kappa shape index (κ3) is 8.23. The first-order chi connectivity index (χ1) is 11.4. The van der Waals surface area contributed by atoms with Crippen molar-refractivity contribution in [2.24, 2.45) is 5.92 Å². The van der Waals surface area contributed by atoms with E-state index in [1.165, 1.54) is 63.1 Å². The molecule has 0 heterocycles. The molecule has 130 valence electrons. The van der Waals surface area contributed by atoms with Gasteiger partial charge in [-0.2, -0.15) is 11.8 Å². The molecule has 1 N–H and O–H groups in total. The van der Waals surface area contributed by atoms with Gasteiger partial charge in [-0.25, -0.2) is 0 Å². The van der Waals surface area contributed by atoms with Crippen molar-refractivity contribution in [2.45, 2.75) is 44.8 Å². The summed E-state index contributed by atoms with van der Waals surface area (Å²) >= 11 is 2.02. The first-order valence-corrected chi connectivity index (χ1v) is 10.6. The van der Waals surface area contributed by atoms with Crippen LogP contribution in [-0.4, -0.2) is 43.4 Å². The summed E-state index contributed by atoms with van der Waals surface area (Å²) in [5.41, 5.74) is 1.43. The Morgan fingerprint density at radius 3 is 2.61 bits per heavy atom. The van der Waals surface area contributed by atoms with Crippen LogP contribution in [0, 0.1) is 5.92 Å². The minimum Gasteiger partial charge on any atom is -0.315 e. The maximum atomic E-state index is 3.61. The quantitative estimate of drug-likeness (QED) is 0.603. The monoisotopic (exact) mass is 334 g/mol. The molecule has 0 unspecified atom stereocenters. The molecule has 3 heteroatoms. The molecule has 0 saturated heterocycles. The first kappa shape index (κ1) is 18.8. The van der Waals surface area contributed by atoms with E-state index in [-0.39, 0.29) is 0 Å². The van der Waals surface area contributed by atoms with Crippen LogP contribution in [0.2, 0.25) is 0 Å². The smallest absolute Gasteiger partial charge is 0.0185 e. The SMILES string of the molecule is CCN(CCNCCSCc1ccccc1)CC1CCCCC1. The van der Waals surface area contributed by atoms with E-state index in [4.69, 9.17) is 0 Å². The van der Waals surface area contributed by atoms with Gasteiger partial charge in [-0.05, 0) is 30.9 Å². The Morgan fingerprint density at radius 1 is 1.09 bits per heavy atom. The van der Waals surface area contributed by atoms with Crippen molar-refractivity contribution in [2.75, 3.05) is 38.5 Å². The first-order valence-electron chi connectivity index (χ1n) is 9.43. The zero-order valence-corrected chi connectivity index (χ0v) is 15.6. The molecular formula is C20H34N2S. The maximum Gasteiger partial charge on any atom is 0.0185 e. The molecular weight excluding hydrogens is 300 g/mol. The lowest BCUT2D eigenvalue weighted by Gasteiger charge is -2.29. The molecule has 0 radical (unpaired) electrons. The molecule has 0 atom stereocenters. The maximum absolute atomic E-state index is 3.61. The Kier molecular flexibility index (Phi) is 9.77. The molecule has 0 aromatic heterocycles. The lowest BCUT2D eigenvalue weighted by atomic mass is 9.89. The van der Waals surface area contributed by atoms with Crippen molar-refractivity contribution >= 4 is 11.8 Å². The van der Waals surface area contributed by atoms with Crippen LogP contribution < -0.4 is 5.32 Å². The van der Waals surface area contributed by atoms with E-state index in [1.807, 2.05) is 11.8 Å². The molecule has 0 spiro atoms. The summed E-state index contributed by atoms with van der Waals surface area (Å²) in [7, 11) is 0. The minimum atomic E-state index is 0.963. The lowest BCUT2D eigenvalue weighted by Crippen LogP contribution is -2.36. The highest BCUT2D eigenvalue weighted by Gasteiger charge is 2.15. The number of nitrogens with one attached hydrogen (secondary N) is 1. The third-order valence-corrected chi connectivity index (χ3v) is 5.86. The van der Waals surface area contributed by atoms with Gasteiger partial charge in [-0.15, -0.1) is 0 Å². The second-order valence-corrected chi connectivity index (χ2v) is 7.79. The van der Waals surface area contributed by atoms with Gasteiger partial charge in [0, 0.05) is 37.7 Å². The van der Waals surface area contributed by atoms with E-state index in [0.29, 0.717) is 0 Å². The van der Waals surface area contributed by atoms with Crippen LogP contribution in [-0.2, 0) is 5.75 Å². The predicted octanol–water partition coefficient (Wildman–Crippen LogP) is 4.41. The lowest BCUT2D eigenvalue weighted by molar-refractivity contribution is 0.209. The second kappa shape index (κ2) is 11.9. The van der Waals surface area contributed by atoms with E-state index in [0.717, 1.165) is 24.8 Å². The number of likely N-dealkylation sites (N-methyl/N-ethyl adjacent to an activating group) is 1. The van der Waals surface area contributed by atoms with Crippen LogP contribution in [0.25, 0.3) is 0 Å². The summed E-state index contributed by atoms with van der Waals surface area (Å²) in [5, 5.41) is 3.61. The molecule has 1 saturated carbocycles. The molecule has 2 rings (SSSR count). The summed E-state index contributed by atoms with van der Waals surface area (Å²) in [4.78, 5) is 2.64. The van der Waals surface area contributed by atoms with Gasteiger partial charge in [0.05, 0.1) is 0 Å². The highest BCUT2D eigenvalue weighted by Crippen LogP contribution is 2.24. The average molecular weight is 335 g/mol. The van der Waals surface area contributed by atoms with Gasteiger partial charge in [0.15, 0.2) is 0 Å². The molecule has 2 nitrogen and oxygen atoms in total. The molecule has 1 fully saturated rings. The van der Waals surface area contributed by atoms with Crippen LogP contribution in [0.15, 0.2) is 30.3 Å². The van der Waals surface area contributed by atoms with E-state index >= 15 is 0 Å². The molecule has 1 aromatic carbocycles. The highest BCUT2D eigenvalue weighted by atomic mass is 32.2. The Labute approximate surface area is 147 Å². The average Bonchev–Trinajstić information content (AvgIpc) is 2.61. The van der Waals surface area contributed by atoms with Crippen molar-refractivity contribution in [1.29, 1.82) is 0 Å². The van der Waals surface area contributed by atoms with E-state index in [9.17, 15) is 0 Å². The zero-order chi connectivity index (χ0) is 16.2. The summed E-state index contributed by atoms with van der Waals surface area (Å²) in [5.74, 6) is 3.29. The van der Waals surface area contributed by atoms with Crippen molar-refractivity contribution in [3.8, 4) is 0 Å². The van der Waals surface area contributed by atoms with Gasteiger partial charge in [-0.3, -0.25) is 0 Å². The summed E-state index contributed by atoms with van der Waals surface area (Å²) in [6, 6.07) is 10.8. The number of nitrogens with zero attached hydrogens (tertiary/aromatic N) is 1. The molecule has 1 aliphatic rings. The zero-order valence-electron chi connectivity index (χ0n) is 14.8. The van der Waals surface area contributed by atoms with E-state index in [1.54, 1.807) is 0 Å². The number of rotatable bonds is 11. The molecule has 0 amide bonds. The van der Waals surface area contributed by atoms with E-state index in [2.05, 4.69) is 47.5 Å². The molecule has 0 bridgehead atoms. The van der Waals surface area contributed by atoms with Crippen LogP contribution in [0.1, 0.15) is 44.6 Å². The second-order valence-electron chi connectivity index (χ2n) is 6.69. The highest BCUT2D eigenvalue weighted by molar-refractivity contribution is 7.98. The van der Waals surface area contributed by atoms with Crippen molar-refractivity contribution in [3.63, 3.8) is 0 Å². The van der Waals surface area contributed by atoms with Crippen LogP contribution >= 0.6 is 11.8 Å². The predicted molar refractivity (Wildman–Crippen MR) is 104 cm³/mol. The molecule has 1 aliphatic carbocycles. The van der Waals surface area contributed by atoms with Crippen LogP contribution in [0.3, 0.4) is 0 Å². The largest absolute Gasteiger partial charge is 0.315 e. The Balaban J connectivity index is 1.47. The van der Waals surface area contributed by atoms with Gasteiger partial charge in [-0.1, -0.05) is 56.5 Å². The van der Waals surface area contributed by atoms with Gasteiger partial charge in [0.1, 0.15) is 0 Å². The normalized spacial score (nSPS) is 16.1. The van der Waals surface area contributed by atoms with Gasteiger partial charge >= 0.3 is 0 Å². The summed E-state index contributed by atoms with van der Waals surface area (Å²) in [6.07, 6.45) is 7.29. The molecule has 0 aliphatic heterocycles. The number of thioether (sulfide) groups is 1. The van der Waals surface area contributed by atoms with Crippen molar-refractivity contribution in [3.05, 3.63) is 35.9 Å². The van der Waals surface area contributed by atoms with Crippen LogP contribution in [0.5, 0.6) is 0 Å². The number of hydrogen-bond acceptors (Lipinski definition) is 3.